The van der Waals surface area contributed by atoms with E-state index in [1.54, 1.807) is 24.3 Å². The Morgan fingerprint density at radius 3 is 3.13 bits per heavy atom. The molecule has 78 valence electrons. The first-order valence-corrected chi connectivity index (χ1v) is 4.80. The van der Waals surface area contributed by atoms with Crippen LogP contribution in [0.25, 0.3) is 0 Å². The van der Waals surface area contributed by atoms with E-state index in [0.29, 0.717) is 17.1 Å². The topological polar surface area (TPSA) is 35.5 Å². The summed E-state index contributed by atoms with van der Waals surface area (Å²) in [5.41, 5.74) is 0.633. The predicted molar refractivity (Wildman–Crippen MR) is 56.6 cm³/mol. The maximum atomic E-state index is 11.3. The van der Waals surface area contributed by atoms with E-state index in [1.165, 1.54) is 0 Å². The second-order valence-corrected chi connectivity index (χ2v) is 3.43. The first-order valence-electron chi connectivity index (χ1n) is 4.80. The standard InChI is InChI=1S/C12H12O3/c1-3-8(2)15-9-4-5-10-11(13)7-14-12(10)6-9/h3-6,8H,1,7H2,2H3. The van der Waals surface area contributed by atoms with E-state index in [1.807, 2.05) is 6.92 Å². The Kier molecular flexibility index (Phi) is 2.46. The minimum atomic E-state index is -0.0554. The third-order valence-electron chi connectivity index (χ3n) is 2.27. The zero-order valence-electron chi connectivity index (χ0n) is 8.53. The number of hydrogen-bond donors (Lipinski definition) is 0. The molecule has 3 nitrogen and oxygen atoms in total. The third-order valence-corrected chi connectivity index (χ3v) is 2.27. The van der Waals surface area contributed by atoms with E-state index in [-0.39, 0.29) is 18.5 Å². The number of benzene rings is 1. The summed E-state index contributed by atoms with van der Waals surface area (Å²) >= 11 is 0. The van der Waals surface area contributed by atoms with E-state index < -0.39 is 0 Å². The molecule has 1 aliphatic rings. The minimum absolute atomic E-state index is 0.0216. The number of ketones is 1. The van der Waals surface area contributed by atoms with Gasteiger partial charge in [0.1, 0.15) is 17.6 Å². The summed E-state index contributed by atoms with van der Waals surface area (Å²) in [6.45, 7) is 5.66. The lowest BCUT2D eigenvalue weighted by Gasteiger charge is -2.10. The fourth-order valence-corrected chi connectivity index (χ4v) is 1.41. The summed E-state index contributed by atoms with van der Waals surface area (Å²) in [5, 5.41) is 0. The van der Waals surface area contributed by atoms with E-state index in [2.05, 4.69) is 6.58 Å². The Bertz CT molecular complexity index is 409. The molecule has 0 aliphatic carbocycles. The van der Waals surface area contributed by atoms with Crippen molar-refractivity contribution in [2.45, 2.75) is 13.0 Å². The lowest BCUT2D eigenvalue weighted by atomic mass is 10.1. The molecule has 15 heavy (non-hydrogen) atoms. The third kappa shape index (κ3) is 1.86. The number of carbonyl (C=O) groups excluding carboxylic acids is 1. The van der Waals surface area contributed by atoms with E-state index in [4.69, 9.17) is 9.47 Å². The van der Waals surface area contributed by atoms with E-state index >= 15 is 0 Å². The number of Topliss-reactive ketones (excluding diaryl/α,β-unsaturated/α-hetero) is 1. The van der Waals surface area contributed by atoms with Gasteiger partial charge >= 0.3 is 0 Å². The van der Waals surface area contributed by atoms with Gasteiger partial charge < -0.3 is 9.47 Å². The first-order chi connectivity index (χ1) is 7.20. The molecule has 0 N–H and O–H groups in total. The van der Waals surface area contributed by atoms with Gasteiger partial charge in [0.15, 0.2) is 6.61 Å². The van der Waals surface area contributed by atoms with Crippen molar-refractivity contribution in [2.75, 3.05) is 6.61 Å². The highest BCUT2D eigenvalue weighted by atomic mass is 16.5. The van der Waals surface area contributed by atoms with Gasteiger partial charge in [-0.2, -0.15) is 0 Å². The highest BCUT2D eigenvalue weighted by Crippen LogP contribution is 2.29. The van der Waals surface area contributed by atoms with Crippen molar-refractivity contribution < 1.29 is 14.3 Å². The van der Waals surface area contributed by atoms with Gasteiger partial charge in [0.25, 0.3) is 0 Å². The molecule has 2 rings (SSSR count). The lowest BCUT2D eigenvalue weighted by Crippen LogP contribution is -2.07. The van der Waals surface area contributed by atoms with Crippen molar-refractivity contribution in [3.63, 3.8) is 0 Å². The van der Waals surface area contributed by atoms with Crippen molar-refractivity contribution in [2.24, 2.45) is 0 Å². The number of hydrogen-bond acceptors (Lipinski definition) is 3. The van der Waals surface area contributed by atoms with Crippen LogP contribution in [-0.4, -0.2) is 18.5 Å². The molecule has 0 bridgehead atoms. The van der Waals surface area contributed by atoms with Crippen molar-refractivity contribution in [3.8, 4) is 11.5 Å². The van der Waals surface area contributed by atoms with Gasteiger partial charge in [-0.05, 0) is 19.1 Å². The summed E-state index contributed by atoms with van der Waals surface area (Å²) in [7, 11) is 0. The maximum Gasteiger partial charge on any atom is 0.203 e. The number of ether oxygens (including phenoxy) is 2. The molecule has 1 aromatic rings. The average Bonchev–Trinajstić information content (AvgIpc) is 2.60. The molecule has 0 saturated carbocycles. The van der Waals surface area contributed by atoms with Crippen LogP contribution < -0.4 is 9.47 Å². The number of carbonyl (C=O) groups is 1. The summed E-state index contributed by atoms with van der Waals surface area (Å²) in [5.74, 6) is 1.32. The van der Waals surface area contributed by atoms with Crippen molar-refractivity contribution in [1.82, 2.24) is 0 Å². The van der Waals surface area contributed by atoms with Gasteiger partial charge in [0, 0.05) is 6.07 Å². The Morgan fingerprint density at radius 2 is 2.40 bits per heavy atom. The molecule has 0 aromatic heterocycles. The summed E-state index contributed by atoms with van der Waals surface area (Å²) in [6.07, 6.45) is 1.65. The molecule has 0 radical (unpaired) electrons. The van der Waals surface area contributed by atoms with Crippen LogP contribution in [0.2, 0.25) is 0 Å². The van der Waals surface area contributed by atoms with Crippen molar-refractivity contribution in [1.29, 1.82) is 0 Å². The summed E-state index contributed by atoms with van der Waals surface area (Å²) in [6, 6.07) is 5.24. The molecule has 1 atom stereocenters. The summed E-state index contributed by atoms with van der Waals surface area (Å²) < 4.78 is 10.7. The number of rotatable bonds is 3. The highest BCUT2D eigenvalue weighted by molar-refractivity contribution is 6.02. The van der Waals surface area contributed by atoms with Gasteiger partial charge in [0.2, 0.25) is 5.78 Å². The predicted octanol–water partition coefficient (Wildman–Crippen LogP) is 2.21. The lowest BCUT2D eigenvalue weighted by molar-refractivity contribution is 0.0961. The Morgan fingerprint density at radius 1 is 1.60 bits per heavy atom. The molecule has 1 aromatic carbocycles. The van der Waals surface area contributed by atoms with Crippen LogP contribution in [0, 0.1) is 0 Å². The smallest absolute Gasteiger partial charge is 0.203 e. The van der Waals surface area contributed by atoms with Crippen molar-refractivity contribution in [3.05, 3.63) is 36.4 Å². The molecule has 1 aliphatic heterocycles. The van der Waals surface area contributed by atoms with Crippen LogP contribution in [-0.2, 0) is 0 Å². The van der Waals surface area contributed by atoms with Crippen LogP contribution in [0.4, 0.5) is 0 Å². The van der Waals surface area contributed by atoms with Gasteiger partial charge in [-0.25, -0.2) is 0 Å². The second-order valence-electron chi connectivity index (χ2n) is 3.43. The molecule has 0 spiro atoms. The van der Waals surface area contributed by atoms with Crippen LogP contribution in [0.1, 0.15) is 17.3 Å². The molecular formula is C12H12O3. The van der Waals surface area contributed by atoms with Gasteiger partial charge in [0.05, 0.1) is 5.56 Å². The second kappa shape index (κ2) is 3.77. The monoisotopic (exact) mass is 204 g/mol. The normalized spacial score (nSPS) is 15.4. The molecular weight excluding hydrogens is 192 g/mol. The molecule has 1 unspecified atom stereocenters. The molecule has 0 fully saturated rings. The fraction of sp³-hybridized carbons (Fsp3) is 0.250. The fourth-order valence-electron chi connectivity index (χ4n) is 1.41. The molecule has 3 heteroatoms. The summed E-state index contributed by atoms with van der Waals surface area (Å²) in [4.78, 5) is 11.3. The highest BCUT2D eigenvalue weighted by Gasteiger charge is 2.21. The van der Waals surface area contributed by atoms with Crippen LogP contribution >= 0.6 is 0 Å². The number of fused-ring (bicyclic) bond motifs is 1. The van der Waals surface area contributed by atoms with E-state index in [9.17, 15) is 4.79 Å². The first kappa shape index (κ1) is 9.77. The van der Waals surface area contributed by atoms with Crippen molar-refractivity contribution >= 4 is 5.78 Å². The zero-order valence-corrected chi connectivity index (χ0v) is 8.53. The van der Waals surface area contributed by atoms with Gasteiger partial charge in [-0.3, -0.25) is 4.79 Å². The Balaban J connectivity index is 2.23. The molecule has 0 saturated heterocycles. The van der Waals surface area contributed by atoms with Gasteiger partial charge in [-0.1, -0.05) is 12.7 Å². The van der Waals surface area contributed by atoms with Crippen LogP contribution in [0.15, 0.2) is 30.9 Å². The SMILES string of the molecule is C=CC(C)Oc1ccc2c(c1)OCC2=O. The Labute approximate surface area is 88.3 Å². The van der Waals surface area contributed by atoms with Crippen LogP contribution in [0.5, 0.6) is 11.5 Å². The largest absolute Gasteiger partial charge is 0.487 e. The zero-order chi connectivity index (χ0) is 10.8. The average molecular weight is 204 g/mol. The Hall–Kier alpha value is -1.77. The molecule has 0 amide bonds. The maximum absolute atomic E-state index is 11.3. The van der Waals surface area contributed by atoms with E-state index in [0.717, 1.165) is 0 Å². The van der Waals surface area contributed by atoms with Gasteiger partial charge in [-0.15, -0.1) is 0 Å². The molecule has 1 heterocycles. The van der Waals surface area contributed by atoms with Crippen LogP contribution in [0.3, 0.4) is 0 Å². The minimum Gasteiger partial charge on any atom is -0.487 e. The quantitative estimate of drug-likeness (QED) is 0.708.